The SMILES string of the molecule is CC/C=C\C/C=C\C/C=C\C/C=C\C/C=C\C/C=C\C/C=C\C/C=C\CCCCCCC(=O)NC(COP(=O)([O-])OCC[N+](C)(C)C)C(O)/C=C/CC/C=C/CC/C=C/CCCCCCCCCCCCCCCCCCCCCC. The van der Waals surface area contributed by atoms with Crippen LogP contribution in [0.4, 0.5) is 0 Å². The number of likely N-dealkylation sites (N-methyl/N-ethyl adjacent to an activating group) is 1. The maximum Gasteiger partial charge on any atom is 0.268 e. The van der Waals surface area contributed by atoms with Crippen LogP contribution in [0.3, 0.4) is 0 Å². The fourth-order valence-corrected chi connectivity index (χ4v) is 9.69. The molecule has 0 aromatic carbocycles. The smallest absolute Gasteiger partial charge is 0.268 e. The van der Waals surface area contributed by atoms with E-state index in [1.807, 2.05) is 27.2 Å². The highest BCUT2D eigenvalue weighted by Gasteiger charge is 2.23. The number of rotatable bonds is 59. The van der Waals surface area contributed by atoms with E-state index in [2.05, 4.69) is 141 Å². The number of phosphoric ester groups is 1. The minimum absolute atomic E-state index is 0.0220. The molecule has 0 bridgehead atoms. The summed E-state index contributed by atoms with van der Waals surface area (Å²) in [6.07, 6.45) is 92.8. The number of amides is 1. The first-order valence-electron chi connectivity index (χ1n) is 33.0. The monoisotopic (exact) mass is 1140 g/mol. The topological polar surface area (TPSA) is 108 Å². The van der Waals surface area contributed by atoms with E-state index in [0.29, 0.717) is 23.9 Å². The lowest BCUT2D eigenvalue weighted by Gasteiger charge is -2.29. The van der Waals surface area contributed by atoms with Gasteiger partial charge in [-0.05, 0) is 109 Å². The molecule has 0 fully saturated rings. The van der Waals surface area contributed by atoms with Gasteiger partial charge in [0.2, 0.25) is 5.91 Å². The maximum atomic E-state index is 13.0. The van der Waals surface area contributed by atoms with Gasteiger partial charge in [-0.1, -0.05) is 282 Å². The molecule has 0 aliphatic carbocycles. The molecule has 0 aromatic heterocycles. The Labute approximate surface area is 500 Å². The molecule has 2 N–H and O–H groups in total. The number of phosphoric acid groups is 1. The Morgan fingerprint density at radius 2 is 0.765 bits per heavy atom. The molecule has 9 heteroatoms. The highest BCUT2D eigenvalue weighted by Crippen LogP contribution is 2.38. The normalized spacial score (nSPS) is 14.6. The zero-order chi connectivity index (χ0) is 59.1. The van der Waals surface area contributed by atoms with Crippen LogP contribution in [0.25, 0.3) is 0 Å². The summed E-state index contributed by atoms with van der Waals surface area (Å²) >= 11 is 0. The predicted octanol–water partition coefficient (Wildman–Crippen LogP) is 20.4. The number of hydrogen-bond acceptors (Lipinski definition) is 6. The Hall–Kier alpha value is -3.36. The Kier molecular flexibility index (Phi) is 58.7. The van der Waals surface area contributed by atoms with Crippen molar-refractivity contribution < 1.29 is 32.9 Å². The van der Waals surface area contributed by atoms with E-state index < -0.39 is 26.6 Å². The van der Waals surface area contributed by atoms with E-state index in [9.17, 15) is 19.4 Å². The van der Waals surface area contributed by atoms with Crippen LogP contribution in [0.1, 0.15) is 264 Å². The number of nitrogens with zero attached hydrogens (tertiary/aromatic N) is 1. The third kappa shape index (κ3) is 64.1. The second kappa shape index (κ2) is 61.2. The molecule has 3 atom stereocenters. The van der Waals surface area contributed by atoms with Crippen LogP contribution in [-0.4, -0.2) is 68.5 Å². The lowest BCUT2D eigenvalue weighted by molar-refractivity contribution is -0.870. The summed E-state index contributed by atoms with van der Waals surface area (Å²) in [6.45, 7) is 4.49. The van der Waals surface area contributed by atoms with Crippen molar-refractivity contribution in [3.05, 3.63) is 134 Å². The highest BCUT2D eigenvalue weighted by atomic mass is 31.2. The van der Waals surface area contributed by atoms with Crippen molar-refractivity contribution in [3.8, 4) is 0 Å². The average molecular weight is 1150 g/mol. The number of allylic oxidation sites excluding steroid dienone is 21. The van der Waals surface area contributed by atoms with Crippen LogP contribution in [0.5, 0.6) is 0 Å². The van der Waals surface area contributed by atoms with Crippen LogP contribution in [0.15, 0.2) is 134 Å². The maximum absolute atomic E-state index is 13.0. The lowest BCUT2D eigenvalue weighted by Crippen LogP contribution is -2.45. The molecule has 0 aliphatic rings. The minimum atomic E-state index is -4.63. The summed E-state index contributed by atoms with van der Waals surface area (Å²) in [6, 6.07) is -0.936. The summed E-state index contributed by atoms with van der Waals surface area (Å²) in [5.41, 5.74) is 0. The predicted molar refractivity (Wildman–Crippen MR) is 352 cm³/mol. The fourth-order valence-electron chi connectivity index (χ4n) is 8.97. The first kappa shape index (κ1) is 77.6. The number of unbranched alkanes of at least 4 members (excludes halogenated alkanes) is 26. The summed E-state index contributed by atoms with van der Waals surface area (Å²) in [5, 5.41) is 13.9. The van der Waals surface area contributed by atoms with E-state index in [-0.39, 0.29) is 12.5 Å². The van der Waals surface area contributed by atoms with Crippen molar-refractivity contribution in [3.63, 3.8) is 0 Å². The molecule has 0 saturated heterocycles. The standard InChI is InChI=1S/C72H125N2O6P/c1-6-8-10-12-14-16-18-20-22-24-26-28-30-32-34-36-38-39-41-43-45-47-49-51-53-55-57-59-61-63-65-71(75)70(69-80-81(77,78)79-68-67-74(3,4)5)73-72(76)66-64-62-60-58-56-54-52-50-48-46-44-42-40-37-35-33-31-29-27-25-23-21-19-17-15-13-11-9-7-2/h9,11,15,17,21,23,27,29,33,35,40,42,46-49,52,54-55,57,63,65,70-71,75H,6-8,10,12-14,16,18-20,22,24-26,28,30-32,34,36-39,41,43-45,50-51,53,56,58-62,64,66-69H2,1-5H3,(H-,73,76,77,78)/b11-9-,17-15-,23-21-,29-27-,35-33-,42-40-,48-46-,49-47+,54-52-,57-55+,65-63+. The molecular formula is C72H125N2O6P. The molecule has 8 nitrogen and oxygen atoms in total. The zero-order valence-corrected chi connectivity index (χ0v) is 53.8. The lowest BCUT2D eigenvalue weighted by atomic mass is 10.0. The van der Waals surface area contributed by atoms with Crippen molar-refractivity contribution in [2.45, 2.75) is 276 Å². The molecular weight excluding hydrogens is 1020 g/mol. The molecule has 0 saturated carbocycles. The first-order valence-corrected chi connectivity index (χ1v) is 34.5. The van der Waals surface area contributed by atoms with Crippen molar-refractivity contribution in [1.82, 2.24) is 5.32 Å². The molecule has 0 rings (SSSR count). The van der Waals surface area contributed by atoms with Gasteiger partial charge in [-0.3, -0.25) is 9.36 Å². The average Bonchev–Trinajstić information content (AvgIpc) is 3.43. The summed E-state index contributed by atoms with van der Waals surface area (Å²) in [5.74, 6) is -0.240. The van der Waals surface area contributed by atoms with Gasteiger partial charge in [-0.2, -0.15) is 0 Å². The van der Waals surface area contributed by atoms with Gasteiger partial charge >= 0.3 is 0 Å². The summed E-state index contributed by atoms with van der Waals surface area (Å²) in [4.78, 5) is 25.6. The Bertz CT molecular complexity index is 1780. The summed E-state index contributed by atoms with van der Waals surface area (Å²) in [7, 11) is 1.20. The van der Waals surface area contributed by atoms with Gasteiger partial charge in [0.25, 0.3) is 7.82 Å². The number of carbonyl (C=O) groups excluding carboxylic acids is 1. The van der Waals surface area contributed by atoms with E-state index in [0.717, 1.165) is 103 Å². The molecule has 0 aromatic rings. The van der Waals surface area contributed by atoms with Gasteiger partial charge in [0.1, 0.15) is 13.2 Å². The van der Waals surface area contributed by atoms with Crippen molar-refractivity contribution >= 4 is 13.7 Å². The van der Waals surface area contributed by atoms with Crippen LogP contribution >= 0.6 is 7.82 Å². The second-order valence-corrected chi connectivity index (χ2v) is 24.5. The Balaban J connectivity index is 4.29. The number of nitrogens with one attached hydrogen (secondary N) is 1. The first-order chi connectivity index (χ1) is 39.5. The van der Waals surface area contributed by atoms with Gasteiger partial charge < -0.3 is 28.8 Å². The largest absolute Gasteiger partial charge is 0.756 e. The van der Waals surface area contributed by atoms with Gasteiger partial charge in [-0.15, -0.1) is 0 Å². The van der Waals surface area contributed by atoms with E-state index in [1.165, 1.54) is 135 Å². The quantitative estimate of drug-likeness (QED) is 0.0272. The van der Waals surface area contributed by atoms with Gasteiger partial charge in [0, 0.05) is 6.42 Å². The summed E-state index contributed by atoms with van der Waals surface area (Å²) < 4.78 is 23.4. The van der Waals surface area contributed by atoms with Crippen molar-refractivity contribution in [1.29, 1.82) is 0 Å². The molecule has 3 unspecified atom stereocenters. The highest BCUT2D eigenvalue weighted by molar-refractivity contribution is 7.45. The van der Waals surface area contributed by atoms with Gasteiger partial charge in [0.05, 0.1) is 39.9 Å². The number of hydrogen-bond donors (Lipinski definition) is 2. The Morgan fingerprint density at radius 1 is 0.444 bits per heavy atom. The number of aliphatic hydroxyl groups excluding tert-OH is 1. The zero-order valence-electron chi connectivity index (χ0n) is 52.9. The molecule has 464 valence electrons. The number of carbonyl (C=O) groups is 1. The van der Waals surface area contributed by atoms with Gasteiger partial charge in [-0.25, -0.2) is 0 Å². The van der Waals surface area contributed by atoms with Crippen LogP contribution in [0, 0.1) is 0 Å². The van der Waals surface area contributed by atoms with E-state index >= 15 is 0 Å². The molecule has 0 aliphatic heterocycles. The second-order valence-electron chi connectivity index (χ2n) is 23.1. The molecule has 0 radical (unpaired) electrons. The molecule has 0 spiro atoms. The fraction of sp³-hybridized carbons (Fsp3) is 0.681. The molecule has 1 amide bonds. The number of aliphatic hydroxyl groups is 1. The molecule has 0 heterocycles. The van der Waals surface area contributed by atoms with Crippen LogP contribution in [0.2, 0.25) is 0 Å². The van der Waals surface area contributed by atoms with E-state index in [1.54, 1.807) is 6.08 Å². The third-order valence-electron chi connectivity index (χ3n) is 14.1. The molecule has 81 heavy (non-hydrogen) atoms. The van der Waals surface area contributed by atoms with Crippen molar-refractivity contribution in [2.75, 3.05) is 40.9 Å². The number of quaternary nitrogens is 1. The van der Waals surface area contributed by atoms with Crippen LogP contribution < -0.4 is 10.2 Å². The van der Waals surface area contributed by atoms with Crippen molar-refractivity contribution in [2.24, 2.45) is 0 Å². The minimum Gasteiger partial charge on any atom is -0.756 e. The van der Waals surface area contributed by atoms with Gasteiger partial charge in [0.15, 0.2) is 0 Å². The van der Waals surface area contributed by atoms with E-state index in [4.69, 9.17) is 9.05 Å². The Morgan fingerprint density at radius 3 is 1.15 bits per heavy atom. The van der Waals surface area contributed by atoms with Crippen LogP contribution in [-0.2, 0) is 18.4 Å². The third-order valence-corrected chi connectivity index (χ3v) is 15.0.